The van der Waals surface area contributed by atoms with Gasteiger partial charge in [0.2, 0.25) is 0 Å². The van der Waals surface area contributed by atoms with Gasteiger partial charge in [-0.2, -0.15) is 0 Å². The summed E-state index contributed by atoms with van der Waals surface area (Å²) in [6.45, 7) is 0. The number of benzene rings is 8. The number of fused-ring (bicyclic) bond motifs is 9. The van der Waals surface area contributed by atoms with Gasteiger partial charge in [-0.3, -0.25) is 0 Å². The Balaban J connectivity index is 0.942. The molecule has 13 rings (SSSR count). The first-order valence-corrected chi connectivity index (χ1v) is 21.3. The van der Waals surface area contributed by atoms with Crippen molar-refractivity contribution >= 4 is 60.8 Å². The van der Waals surface area contributed by atoms with Gasteiger partial charge < -0.3 is 13.7 Å². The lowest BCUT2D eigenvalue weighted by Gasteiger charge is -2.30. The average Bonchev–Trinajstić information content (AvgIpc) is 4.03. The molecule has 11 aromatic rings. The molecule has 0 amide bonds. The molecule has 0 N–H and O–H groups in total. The van der Waals surface area contributed by atoms with Crippen LogP contribution in [0.5, 0.6) is 0 Å². The summed E-state index contributed by atoms with van der Waals surface area (Å²) >= 11 is 0. The molecule has 6 heteroatoms. The van der Waals surface area contributed by atoms with Crippen LogP contribution in [0.1, 0.15) is 17.3 Å². The van der Waals surface area contributed by atoms with E-state index in [2.05, 4.69) is 157 Å². The second-order valence-corrected chi connectivity index (χ2v) is 16.3. The summed E-state index contributed by atoms with van der Waals surface area (Å²) in [6.07, 6.45) is 6.84. The number of hydrogen-bond acceptors (Lipinski definition) is 6. The fraction of sp³-hybridized carbons (Fsp3) is 0.0351. The van der Waals surface area contributed by atoms with E-state index in [1.165, 1.54) is 27.9 Å². The van der Waals surface area contributed by atoms with Crippen molar-refractivity contribution in [1.82, 2.24) is 15.0 Å². The molecule has 0 spiro atoms. The Labute approximate surface area is 362 Å². The lowest BCUT2D eigenvalue weighted by Crippen LogP contribution is -2.29. The summed E-state index contributed by atoms with van der Waals surface area (Å²) in [5.74, 6) is 1.90. The number of para-hydroxylation sites is 3. The van der Waals surface area contributed by atoms with E-state index in [-0.39, 0.29) is 12.0 Å². The first-order chi connectivity index (χ1) is 31.2. The molecule has 296 valence electrons. The molecule has 1 aliphatic heterocycles. The largest absolute Gasteiger partial charge is 0.456 e. The number of nitrogens with zero attached hydrogens (tertiary/aromatic N) is 4. The molecule has 3 aromatic heterocycles. The van der Waals surface area contributed by atoms with Crippen LogP contribution in [0.4, 0.5) is 11.4 Å². The van der Waals surface area contributed by atoms with E-state index in [1.807, 2.05) is 54.6 Å². The maximum absolute atomic E-state index is 6.34. The summed E-state index contributed by atoms with van der Waals surface area (Å²) in [5.41, 5.74) is 14.3. The Bertz CT molecular complexity index is 3670. The number of rotatable bonds is 6. The van der Waals surface area contributed by atoms with Crippen LogP contribution in [0.25, 0.3) is 94.5 Å². The zero-order valence-corrected chi connectivity index (χ0v) is 33.9. The zero-order chi connectivity index (χ0) is 41.4. The van der Waals surface area contributed by atoms with Crippen molar-refractivity contribution in [1.29, 1.82) is 0 Å². The molecule has 8 aromatic carbocycles. The molecule has 4 heterocycles. The number of furan rings is 2. The van der Waals surface area contributed by atoms with Gasteiger partial charge in [-0.25, -0.2) is 15.0 Å². The molecular formula is C57H36N4O2. The van der Waals surface area contributed by atoms with Gasteiger partial charge >= 0.3 is 0 Å². The van der Waals surface area contributed by atoms with Crippen molar-refractivity contribution in [2.75, 3.05) is 4.90 Å². The third-order valence-corrected chi connectivity index (χ3v) is 12.6. The molecule has 0 saturated carbocycles. The quantitative estimate of drug-likeness (QED) is 0.167. The molecule has 0 saturated heterocycles. The zero-order valence-electron chi connectivity index (χ0n) is 33.9. The number of hydrogen-bond donors (Lipinski definition) is 0. The molecule has 0 fully saturated rings. The van der Waals surface area contributed by atoms with Gasteiger partial charge in [0, 0.05) is 55.5 Å². The minimum atomic E-state index is -0.0162. The lowest BCUT2D eigenvalue weighted by molar-refractivity contribution is 0.668. The van der Waals surface area contributed by atoms with E-state index < -0.39 is 0 Å². The molecule has 1 unspecified atom stereocenters. The topological polar surface area (TPSA) is 68.2 Å². The Kier molecular flexibility index (Phi) is 7.93. The van der Waals surface area contributed by atoms with Gasteiger partial charge in [0.15, 0.2) is 17.5 Å². The summed E-state index contributed by atoms with van der Waals surface area (Å²) in [4.78, 5) is 18.1. The number of allylic oxidation sites excluding steroid dienone is 2. The van der Waals surface area contributed by atoms with E-state index >= 15 is 0 Å². The van der Waals surface area contributed by atoms with Crippen LogP contribution in [0.3, 0.4) is 0 Å². The Morgan fingerprint density at radius 3 is 1.81 bits per heavy atom. The molecule has 63 heavy (non-hydrogen) atoms. The predicted octanol–water partition coefficient (Wildman–Crippen LogP) is 14.6. The third kappa shape index (κ3) is 5.91. The van der Waals surface area contributed by atoms with Crippen LogP contribution in [-0.4, -0.2) is 21.0 Å². The van der Waals surface area contributed by atoms with Crippen molar-refractivity contribution in [3.8, 4) is 45.0 Å². The van der Waals surface area contributed by atoms with Crippen molar-refractivity contribution in [2.45, 2.75) is 12.0 Å². The molecule has 1 aliphatic carbocycles. The van der Waals surface area contributed by atoms with E-state index in [4.69, 9.17) is 23.8 Å². The van der Waals surface area contributed by atoms with Gasteiger partial charge in [-0.15, -0.1) is 0 Å². The normalized spacial score (nSPS) is 15.6. The maximum atomic E-state index is 6.34. The highest BCUT2D eigenvalue weighted by atomic mass is 16.3. The third-order valence-electron chi connectivity index (χ3n) is 12.6. The van der Waals surface area contributed by atoms with E-state index in [0.717, 1.165) is 71.8 Å². The summed E-state index contributed by atoms with van der Waals surface area (Å²) in [5, 5.41) is 4.21. The monoisotopic (exact) mass is 808 g/mol. The second-order valence-electron chi connectivity index (χ2n) is 16.3. The first kappa shape index (κ1) is 35.4. The highest BCUT2D eigenvalue weighted by Crippen LogP contribution is 2.49. The minimum Gasteiger partial charge on any atom is -0.456 e. The van der Waals surface area contributed by atoms with Crippen LogP contribution in [-0.2, 0) is 0 Å². The fourth-order valence-corrected chi connectivity index (χ4v) is 9.63. The summed E-state index contributed by atoms with van der Waals surface area (Å²) in [7, 11) is 0. The molecule has 6 nitrogen and oxygen atoms in total. The number of anilines is 2. The molecule has 0 bridgehead atoms. The Morgan fingerprint density at radius 2 is 0.984 bits per heavy atom. The Hall–Kier alpha value is -8.35. The standard InChI is InChI=1S/C57H36N4O2/c1-2-12-35(13-3-1)36-14-10-15-37(30-36)38-16-11-17-42(31-38)61-49-21-7-4-18-43(49)44-27-24-40(33-50(44)61)56-58-55(39-26-29-53-48(32-39)46-20-6-9-23-52(46)62-53)59-57(60-56)41-25-28-47-45-19-5-8-22-51(45)63-54(47)34-41/h1-34,44,50H/t44?,50-/m0/s1. The van der Waals surface area contributed by atoms with Crippen molar-refractivity contribution < 1.29 is 8.83 Å². The molecular weight excluding hydrogens is 773 g/mol. The fourth-order valence-electron chi connectivity index (χ4n) is 9.63. The molecule has 2 aliphatic rings. The van der Waals surface area contributed by atoms with E-state index in [9.17, 15) is 0 Å². The maximum Gasteiger partial charge on any atom is 0.164 e. The molecule has 0 radical (unpaired) electrons. The van der Waals surface area contributed by atoms with Crippen LogP contribution in [0, 0.1) is 0 Å². The smallest absolute Gasteiger partial charge is 0.164 e. The van der Waals surface area contributed by atoms with Crippen LogP contribution in [0.15, 0.2) is 215 Å². The lowest BCUT2D eigenvalue weighted by atomic mass is 9.88. The average molecular weight is 809 g/mol. The van der Waals surface area contributed by atoms with Gasteiger partial charge in [-0.05, 0) is 101 Å². The SMILES string of the molecule is C1=CC2c3ccccc3N(c3cccc(-c4cccc(-c5ccccc5)c4)c3)[C@H]2C=C1c1nc(-c2ccc3c(c2)oc2ccccc23)nc(-c2ccc3oc4ccccc4c3c2)n1. The van der Waals surface area contributed by atoms with Crippen LogP contribution < -0.4 is 4.90 Å². The highest BCUT2D eigenvalue weighted by Gasteiger charge is 2.38. The van der Waals surface area contributed by atoms with Crippen LogP contribution in [0.2, 0.25) is 0 Å². The van der Waals surface area contributed by atoms with Gasteiger partial charge in [0.1, 0.15) is 22.3 Å². The second kappa shape index (κ2) is 14.1. The van der Waals surface area contributed by atoms with Crippen LogP contribution >= 0.6 is 0 Å². The predicted molar refractivity (Wildman–Crippen MR) is 255 cm³/mol. The van der Waals surface area contributed by atoms with E-state index in [1.54, 1.807) is 0 Å². The van der Waals surface area contributed by atoms with Crippen molar-refractivity contribution in [3.63, 3.8) is 0 Å². The molecule has 2 atom stereocenters. The Morgan fingerprint density at radius 1 is 0.397 bits per heavy atom. The number of aromatic nitrogens is 3. The van der Waals surface area contributed by atoms with E-state index in [0.29, 0.717) is 17.5 Å². The highest BCUT2D eigenvalue weighted by molar-refractivity contribution is 6.07. The van der Waals surface area contributed by atoms with Gasteiger partial charge in [0.25, 0.3) is 0 Å². The minimum absolute atomic E-state index is 0.0162. The first-order valence-electron chi connectivity index (χ1n) is 21.3. The van der Waals surface area contributed by atoms with Gasteiger partial charge in [0.05, 0.1) is 6.04 Å². The van der Waals surface area contributed by atoms with Crippen molar-refractivity contribution in [2.24, 2.45) is 0 Å². The summed E-state index contributed by atoms with van der Waals surface area (Å²) in [6, 6.07) is 65.7. The van der Waals surface area contributed by atoms with Gasteiger partial charge in [-0.1, -0.05) is 133 Å². The van der Waals surface area contributed by atoms with Crippen molar-refractivity contribution in [3.05, 3.63) is 218 Å². The summed E-state index contributed by atoms with van der Waals surface area (Å²) < 4.78 is 12.5.